The molecule has 0 radical (unpaired) electrons. The average Bonchev–Trinajstić information content (AvgIpc) is 3.26. The third-order valence-electron chi connectivity index (χ3n) is 4.29. The maximum atomic E-state index is 12.4. The Hall–Kier alpha value is -2.54. The normalized spacial score (nSPS) is 12.3. The lowest BCUT2D eigenvalue weighted by Crippen LogP contribution is -2.28. The van der Waals surface area contributed by atoms with Crippen LogP contribution < -0.4 is 5.32 Å². The monoisotopic (exact) mass is 384 g/mol. The van der Waals surface area contributed by atoms with Crippen molar-refractivity contribution in [3.05, 3.63) is 54.0 Å². The number of aryl methyl sites for hydroxylation is 1. The van der Waals surface area contributed by atoms with Crippen molar-refractivity contribution in [1.82, 2.24) is 20.1 Å². The molecule has 0 aliphatic heterocycles. The number of nitrogens with zero attached hydrogens (tertiary/aromatic N) is 3. The Kier molecular flexibility index (Phi) is 6.01. The minimum Gasteiger partial charge on any atom is -0.469 e. The topological polar surface area (TPSA) is 72.9 Å². The van der Waals surface area contributed by atoms with Crippen LogP contribution in [0.4, 0.5) is 0 Å². The number of nitrogens with one attached hydrogen (secondary N) is 1. The summed E-state index contributed by atoms with van der Waals surface area (Å²) in [4.78, 5) is 12.4. The molecule has 0 spiro atoms. The van der Waals surface area contributed by atoms with Gasteiger partial charge in [0, 0.05) is 6.04 Å². The maximum Gasteiger partial charge on any atom is 0.230 e. The number of benzene rings is 1. The van der Waals surface area contributed by atoms with Crippen LogP contribution in [-0.4, -0.2) is 26.4 Å². The molecule has 3 rings (SSSR count). The molecule has 2 aromatic heterocycles. The molecule has 1 atom stereocenters. The molecule has 0 aliphatic carbocycles. The number of carbonyl (C=O) groups is 1. The number of rotatable bonds is 7. The highest BCUT2D eigenvalue weighted by atomic mass is 32.2. The Labute approximate surface area is 163 Å². The molecule has 7 heteroatoms. The highest BCUT2D eigenvalue weighted by molar-refractivity contribution is 7.99. The molecule has 3 aromatic rings. The Balaban J connectivity index is 1.68. The molecule has 0 fully saturated rings. The predicted octanol–water partition coefficient (Wildman–Crippen LogP) is 4.40. The quantitative estimate of drug-likeness (QED) is 0.611. The second-order valence-corrected chi connectivity index (χ2v) is 7.59. The van der Waals surface area contributed by atoms with Crippen molar-refractivity contribution in [2.24, 2.45) is 0 Å². The number of hydrogen-bond donors (Lipinski definition) is 1. The lowest BCUT2D eigenvalue weighted by molar-refractivity contribution is -0.119. The number of carbonyl (C=O) groups excluding carboxylic acids is 1. The fourth-order valence-electron chi connectivity index (χ4n) is 2.88. The van der Waals surface area contributed by atoms with Gasteiger partial charge < -0.3 is 9.73 Å². The maximum absolute atomic E-state index is 12.4. The lowest BCUT2D eigenvalue weighted by Gasteiger charge is -2.15. The fourth-order valence-corrected chi connectivity index (χ4v) is 3.76. The van der Waals surface area contributed by atoms with Crippen LogP contribution in [0.1, 0.15) is 44.2 Å². The molecular weight excluding hydrogens is 360 g/mol. The van der Waals surface area contributed by atoms with E-state index in [4.69, 9.17) is 4.42 Å². The number of aromatic nitrogens is 3. The summed E-state index contributed by atoms with van der Waals surface area (Å²) < 4.78 is 7.43. The van der Waals surface area contributed by atoms with Crippen molar-refractivity contribution in [1.29, 1.82) is 0 Å². The van der Waals surface area contributed by atoms with Crippen molar-refractivity contribution >= 4 is 17.7 Å². The van der Waals surface area contributed by atoms with Gasteiger partial charge in [0.25, 0.3) is 0 Å². The molecule has 1 aromatic carbocycles. The third kappa shape index (κ3) is 4.42. The molecule has 2 heterocycles. The van der Waals surface area contributed by atoms with Crippen LogP contribution in [0.2, 0.25) is 0 Å². The summed E-state index contributed by atoms with van der Waals surface area (Å²) in [6.45, 7) is 8.03. The van der Waals surface area contributed by atoms with Crippen LogP contribution in [0.15, 0.2) is 52.2 Å². The first kappa shape index (κ1) is 19.2. The van der Waals surface area contributed by atoms with E-state index in [1.54, 1.807) is 6.26 Å². The summed E-state index contributed by atoms with van der Waals surface area (Å²) in [5.41, 5.74) is 2.00. The third-order valence-corrected chi connectivity index (χ3v) is 5.23. The molecule has 0 saturated carbocycles. The van der Waals surface area contributed by atoms with Gasteiger partial charge >= 0.3 is 0 Å². The van der Waals surface area contributed by atoms with Crippen LogP contribution in [0.25, 0.3) is 11.4 Å². The molecule has 1 unspecified atom stereocenters. The molecule has 0 aliphatic rings. The summed E-state index contributed by atoms with van der Waals surface area (Å²) >= 11 is 1.39. The molecule has 142 valence electrons. The average molecular weight is 385 g/mol. The summed E-state index contributed by atoms with van der Waals surface area (Å²) in [6, 6.07) is 11.9. The van der Waals surface area contributed by atoms with E-state index in [0.29, 0.717) is 0 Å². The van der Waals surface area contributed by atoms with Crippen LogP contribution in [0.5, 0.6) is 0 Å². The van der Waals surface area contributed by atoms with Crippen LogP contribution >= 0.6 is 11.8 Å². The van der Waals surface area contributed by atoms with Crippen molar-refractivity contribution < 1.29 is 9.21 Å². The largest absolute Gasteiger partial charge is 0.469 e. The Bertz CT molecular complexity index is 902. The van der Waals surface area contributed by atoms with Gasteiger partial charge in [-0.25, -0.2) is 0 Å². The Morgan fingerprint density at radius 2 is 1.93 bits per heavy atom. The van der Waals surface area contributed by atoms with Gasteiger partial charge in [0.1, 0.15) is 5.76 Å². The van der Waals surface area contributed by atoms with Gasteiger partial charge in [-0.15, -0.1) is 10.2 Å². The summed E-state index contributed by atoms with van der Waals surface area (Å²) in [5.74, 6) is 1.81. The first-order valence-electron chi connectivity index (χ1n) is 8.94. The van der Waals surface area contributed by atoms with Crippen LogP contribution in [0.3, 0.4) is 0 Å². The van der Waals surface area contributed by atoms with E-state index >= 15 is 0 Å². The first-order valence-corrected chi connectivity index (χ1v) is 9.92. The summed E-state index contributed by atoms with van der Waals surface area (Å²) in [5, 5.41) is 12.4. The van der Waals surface area contributed by atoms with E-state index in [0.717, 1.165) is 27.9 Å². The summed E-state index contributed by atoms with van der Waals surface area (Å²) in [7, 11) is 0. The van der Waals surface area contributed by atoms with Gasteiger partial charge in [0.2, 0.25) is 5.91 Å². The van der Waals surface area contributed by atoms with E-state index in [-0.39, 0.29) is 23.7 Å². The van der Waals surface area contributed by atoms with E-state index in [2.05, 4.69) is 29.4 Å². The van der Waals surface area contributed by atoms with Crippen molar-refractivity contribution in [3.8, 4) is 11.4 Å². The van der Waals surface area contributed by atoms with Gasteiger partial charge in [0.05, 0.1) is 23.6 Å². The van der Waals surface area contributed by atoms with E-state index in [9.17, 15) is 4.79 Å². The Morgan fingerprint density at radius 3 is 2.56 bits per heavy atom. The zero-order valence-electron chi connectivity index (χ0n) is 16.0. The standard InChI is InChI=1S/C20H24N4O2S/c1-13(2)24-19(17-10-11-26-15(17)4)22-23-20(24)27-12-18(25)21-14(3)16-8-6-5-7-9-16/h5-11,13-14H,12H2,1-4H3,(H,21,25). The van der Waals surface area contributed by atoms with Gasteiger partial charge in [-0.2, -0.15) is 0 Å². The van der Waals surface area contributed by atoms with E-state index in [1.165, 1.54) is 11.8 Å². The molecule has 6 nitrogen and oxygen atoms in total. The zero-order valence-corrected chi connectivity index (χ0v) is 16.8. The zero-order chi connectivity index (χ0) is 19.4. The smallest absolute Gasteiger partial charge is 0.230 e. The second kappa shape index (κ2) is 8.43. The molecular formula is C20H24N4O2S. The van der Waals surface area contributed by atoms with Gasteiger partial charge in [-0.05, 0) is 39.3 Å². The second-order valence-electron chi connectivity index (χ2n) is 6.65. The minimum atomic E-state index is -0.0357. The number of amides is 1. The van der Waals surface area contributed by atoms with Gasteiger partial charge in [-0.1, -0.05) is 42.1 Å². The molecule has 0 saturated heterocycles. The number of furan rings is 1. The van der Waals surface area contributed by atoms with E-state index in [1.807, 2.05) is 54.8 Å². The van der Waals surface area contributed by atoms with Crippen LogP contribution in [-0.2, 0) is 4.79 Å². The number of hydrogen-bond acceptors (Lipinski definition) is 5. The molecule has 0 bridgehead atoms. The van der Waals surface area contributed by atoms with Crippen molar-refractivity contribution in [2.45, 2.75) is 44.9 Å². The fraction of sp³-hybridized carbons (Fsp3) is 0.350. The van der Waals surface area contributed by atoms with Gasteiger partial charge in [-0.3, -0.25) is 9.36 Å². The summed E-state index contributed by atoms with van der Waals surface area (Å²) in [6.07, 6.45) is 1.65. The minimum absolute atomic E-state index is 0.0318. The molecule has 1 N–H and O–H groups in total. The highest BCUT2D eigenvalue weighted by Crippen LogP contribution is 2.30. The van der Waals surface area contributed by atoms with Crippen LogP contribution in [0, 0.1) is 6.92 Å². The Morgan fingerprint density at radius 1 is 1.19 bits per heavy atom. The van der Waals surface area contributed by atoms with Crippen molar-refractivity contribution in [3.63, 3.8) is 0 Å². The van der Waals surface area contributed by atoms with Gasteiger partial charge in [0.15, 0.2) is 11.0 Å². The van der Waals surface area contributed by atoms with E-state index < -0.39 is 0 Å². The lowest BCUT2D eigenvalue weighted by atomic mass is 10.1. The molecule has 27 heavy (non-hydrogen) atoms. The highest BCUT2D eigenvalue weighted by Gasteiger charge is 2.20. The van der Waals surface area contributed by atoms with Crippen molar-refractivity contribution in [2.75, 3.05) is 5.75 Å². The SMILES string of the molecule is Cc1occc1-c1nnc(SCC(=O)NC(C)c2ccccc2)n1C(C)C. The predicted molar refractivity (Wildman–Crippen MR) is 107 cm³/mol. The molecule has 1 amide bonds. The number of thioether (sulfide) groups is 1. The first-order chi connectivity index (χ1) is 13.0.